The van der Waals surface area contributed by atoms with Crippen LogP contribution in [0, 0.1) is 0 Å². The van der Waals surface area contributed by atoms with E-state index in [1.807, 2.05) is 0 Å². The molecule has 1 unspecified atom stereocenters. The lowest BCUT2D eigenvalue weighted by molar-refractivity contribution is -0.136. The summed E-state index contributed by atoms with van der Waals surface area (Å²) >= 11 is 0. The number of urea groups is 1. The molecular weight excluding hydrogens is 158 g/mol. The van der Waals surface area contributed by atoms with Crippen molar-refractivity contribution in [1.82, 2.24) is 10.2 Å². The minimum atomic E-state index is -0.656. The fourth-order valence-corrected chi connectivity index (χ4v) is 1.09. The number of amides is 3. The molecule has 3 amide bonds. The summed E-state index contributed by atoms with van der Waals surface area (Å²) in [7, 11) is 0. The fourth-order valence-electron chi connectivity index (χ4n) is 1.09. The van der Waals surface area contributed by atoms with Crippen LogP contribution in [0.4, 0.5) is 4.79 Å². The molecule has 1 rings (SSSR count). The number of likely N-dealkylation sites (tertiary alicyclic amines) is 1. The third-order valence-corrected chi connectivity index (χ3v) is 1.90. The summed E-state index contributed by atoms with van der Waals surface area (Å²) in [6.07, 6.45) is 1.05. The van der Waals surface area contributed by atoms with Gasteiger partial charge in [-0.15, -0.1) is 0 Å². The first-order valence-electron chi connectivity index (χ1n) is 3.96. The van der Waals surface area contributed by atoms with Crippen molar-refractivity contribution >= 4 is 11.9 Å². The van der Waals surface area contributed by atoms with Crippen LogP contribution in [0.2, 0.25) is 0 Å². The highest BCUT2D eigenvalue weighted by Gasteiger charge is 2.25. The maximum absolute atomic E-state index is 11.3. The topological polar surface area (TPSA) is 75.4 Å². The summed E-state index contributed by atoms with van der Waals surface area (Å²) < 4.78 is 0. The van der Waals surface area contributed by atoms with Crippen molar-refractivity contribution in [1.29, 1.82) is 0 Å². The number of carbonyl (C=O) groups excluding carboxylic acids is 2. The molecule has 0 aliphatic carbocycles. The first-order chi connectivity index (χ1) is 5.61. The molecule has 12 heavy (non-hydrogen) atoms. The van der Waals surface area contributed by atoms with E-state index < -0.39 is 12.1 Å². The van der Waals surface area contributed by atoms with Crippen LogP contribution in [-0.4, -0.2) is 36.0 Å². The predicted octanol–water partition coefficient (Wildman–Crippen LogP) is -0.724. The third-order valence-electron chi connectivity index (χ3n) is 1.90. The molecule has 3 N–H and O–H groups in total. The molecule has 1 saturated heterocycles. The zero-order chi connectivity index (χ0) is 9.14. The zero-order valence-electron chi connectivity index (χ0n) is 7.04. The Bertz CT molecular complexity index is 201. The molecule has 68 valence electrons. The van der Waals surface area contributed by atoms with Crippen LogP contribution in [0.25, 0.3) is 0 Å². The lowest BCUT2D eigenvalue weighted by atomic mass is 10.2. The van der Waals surface area contributed by atoms with Crippen LogP contribution in [0.1, 0.15) is 13.3 Å². The van der Waals surface area contributed by atoms with Gasteiger partial charge in [-0.2, -0.15) is 0 Å². The second-order valence-corrected chi connectivity index (χ2v) is 2.91. The lowest BCUT2D eigenvalue weighted by Crippen LogP contribution is -2.52. The van der Waals surface area contributed by atoms with Gasteiger partial charge in [-0.1, -0.05) is 0 Å². The normalized spacial score (nSPS) is 17.9. The Balaban J connectivity index is 2.34. The number of primary amides is 1. The number of rotatable bonds is 2. The van der Waals surface area contributed by atoms with E-state index in [1.54, 1.807) is 11.8 Å². The first-order valence-corrected chi connectivity index (χ1v) is 3.96. The smallest absolute Gasteiger partial charge is 0.312 e. The van der Waals surface area contributed by atoms with Gasteiger partial charge in [0.05, 0.1) is 0 Å². The average molecular weight is 171 g/mol. The van der Waals surface area contributed by atoms with Crippen molar-refractivity contribution in [3.8, 4) is 0 Å². The molecule has 5 heteroatoms. The van der Waals surface area contributed by atoms with Gasteiger partial charge in [0.1, 0.15) is 6.04 Å². The second kappa shape index (κ2) is 3.42. The van der Waals surface area contributed by atoms with E-state index in [0.29, 0.717) is 0 Å². The van der Waals surface area contributed by atoms with E-state index in [0.717, 1.165) is 19.5 Å². The van der Waals surface area contributed by atoms with E-state index in [9.17, 15) is 9.59 Å². The van der Waals surface area contributed by atoms with Crippen molar-refractivity contribution < 1.29 is 9.59 Å². The summed E-state index contributed by atoms with van der Waals surface area (Å²) in [5, 5.41) is 2.34. The second-order valence-electron chi connectivity index (χ2n) is 2.91. The molecule has 0 radical (unpaired) electrons. The van der Waals surface area contributed by atoms with Gasteiger partial charge in [0, 0.05) is 13.1 Å². The third kappa shape index (κ3) is 1.87. The predicted molar refractivity (Wildman–Crippen MR) is 43.4 cm³/mol. The van der Waals surface area contributed by atoms with Crippen LogP contribution in [0.15, 0.2) is 0 Å². The van der Waals surface area contributed by atoms with Crippen LogP contribution < -0.4 is 11.1 Å². The van der Waals surface area contributed by atoms with Crippen molar-refractivity contribution in [2.24, 2.45) is 5.73 Å². The quantitative estimate of drug-likeness (QED) is 0.575. The number of nitrogens with zero attached hydrogens (tertiary/aromatic N) is 1. The van der Waals surface area contributed by atoms with Gasteiger partial charge in [0.25, 0.3) is 0 Å². The van der Waals surface area contributed by atoms with Crippen LogP contribution in [-0.2, 0) is 4.79 Å². The number of hydrogen-bond donors (Lipinski definition) is 2. The van der Waals surface area contributed by atoms with Gasteiger partial charge in [0.2, 0.25) is 5.91 Å². The van der Waals surface area contributed by atoms with E-state index in [1.165, 1.54) is 0 Å². The number of hydrogen-bond acceptors (Lipinski definition) is 2. The number of nitrogens with two attached hydrogens (primary N) is 1. The van der Waals surface area contributed by atoms with Gasteiger partial charge >= 0.3 is 6.03 Å². The molecule has 1 heterocycles. The molecule has 0 aromatic heterocycles. The van der Waals surface area contributed by atoms with E-state index in [4.69, 9.17) is 5.73 Å². The Morgan fingerprint density at radius 3 is 2.42 bits per heavy atom. The maximum Gasteiger partial charge on any atom is 0.312 e. The molecule has 0 aromatic carbocycles. The summed E-state index contributed by atoms with van der Waals surface area (Å²) in [5.74, 6) is -0.0555. The monoisotopic (exact) mass is 171 g/mol. The lowest BCUT2D eigenvalue weighted by Gasteiger charge is -2.33. The molecule has 0 aromatic rings. The molecule has 1 fully saturated rings. The first kappa shape index (κ1) is 8.83. The molecular formula is C7H13N3O2. The SMILES string of the molecule is CC(NC(N)=O)C(=O)N1CCC1. The Hall–Kier alpha value is -1.26. The highest BCUT2D eigenvalue weighted by Crippen LogP contribution is 2.07. The summed E-state index contributed by atoms with van der Waals surface area (Å²) in [6, 6.07) is -1.15. The van der Waals surface area contributed by atoms with Crippen LogP contribution in [0.5, 0.6) is 0 Å². The highest BCUT2D eigenvalue weighted by molar-refractivity contribution is 5.86. The summed E-state index contributed by atoms with van der Waals surface area (Å²) in [6.45, 7) is 3.22. The molecule has 0 spiro atoms. The highest BCUT2D eigenvalue weighted by atomic mass is 16.2. The Morgan fingerprint density at radius 1 is 1.50 bits per heavy atom. The van der Waals surface area contributed by atoms with Crippen LogP contribution >= 0.6 is 0 Å². The van der Waals surface area contributed by atoms with Gasteiger partial charge < -0.3 is 16.0 Å². The zero-order valence-corrected chi connectivity index (χ0v) is 7.04. The number of nitrogens with one attached hydrogen (secondary N) is 1. The molecule has 0 bridgehead atoms. The van der Waals surface area contributed by atoms with Crippen molar-refractivity contribution in [3.63, 3.8) is 0 Å². The van der Waals surface area contributed by atoms with E-state index in [-0.39, 0.29) is 5.91 Å². The fraction of sp³-hybridized carbons (Fsp3) is 0.714. The van der Waals surface area contributed by atoms with Crippen molar-refractivity contribution in [3.05, 3.63) is 0 Å². The largest absolute Gasteiger partial charge is 0.352 e. The van der Waals surface area contributed by atoms with E-state index >= 15 is 0 Å². The Kier molecular flexibility index (Phi) is 2.52. The minimum absolute atomic E-state index is 0.0555. The minimum Gasteiger partial charge on any atom is -0.352 e. The summed E-state index contributed by atoms with van der Waals surface area (Å²) in [5.41, 5.74) is 4.87. The molecule has 0 saturated carbocycles. The molecule has 1 aliphatic heterocycles. The van der Waals surface area contributed by atoms with Crippen LogP contribution in [0.3, 0.4) is 0 Å². The summed E-state index contributed by atoms with van der Waals surface area (Å²) in [4.78, 5) is 23.4. The maximum atomic E-state index is 11.3. The van der Waals surface area contributed by atoms with Crippen molar-refractivity contribution in [2.75, 3.05) is 13.1 Å². The average Bonchev–Trinajstić information content (AvgIpc) is 1.81. The molecule has 1 atom stereocenters. The van der Waals surface area contributed by atoms with Gasteiger partial charge in [-0.05, 0) is 13.3 Å². The Morgan fingerprint density at radius 2 is 2.08 bits per heavy atom. The Labute approximate surface area is 70.9 Å². The van der Waals surface area contributed by atoms with Gasteiger partial charge in [0.15, 0.2) is 0 Å². The molecule has 5 nitrogen and oxygen atoms in total. The molecule has 1 aliphatic rings. The number of carbonyl (C=O) groups is 2. The van der Waals surface area contributed by atoms with E-state index in [2.05, 4.69) is 5.32 Å². The van der Waals surface area contributed by atoms with Gasteiger partial charge in [-0.25, -0.2) is 4.79 Å². The van der Waals surface area contributed by atoms with Gasteiger partial charge in [-0.3, -0.25) is 4.79 Å². The standard InChI is InChI=1S/C7H13N3O2/c1-5(9-7(8)12)6(11)10-3-2-4-10/h5H,2-4H2,1H3,(H3,8,9,12). The van der Waals surface area contributed by atoms with Crippen molar-refractivity contribution in [2.45, 2.75) is 19.4 Å².